The molecule has 6 nitrogen and oxygen atoms in total. The molecular weight excluding hydrogens is 694 g/mol. The van der Waals surface area contributed by atoms with Gasteiger partial charge in [0.05, 0.1) is 19.3 Å². The number of hydrogen-bond acceptors (Lipinski definition) is 5. The second-order valence-electron chi connectivity index (χ2n) is 7.15. The number of esters is 1. The lowest BCUT2D eigenvalue weighted by molar-refractivity contribution is -0.112. The van der Waals surface area contributed by atoms with Crippen LogP contribution in [0.15, 0.2) is 66.2 Å². The van der Waals surface area contributed by atoms with E-state index in [0.29, 0.717) is 28.4 Å². The predicted molar refractivity (Wildman–Crippen MR) is 152 cm³/mol. The Labute approximate surface area is 235 Å². The Bertz CT molecular complexity index is 1280. The van der Waals surface area contributed by atoms with Crippen molar-refractivity contribution in [1.82, 2.24) is 0 Å². The summed E-state index contributed by atoms with van der Waals surface area (Å²) in [5, 5.41) is 12.9. The van der Waals surface area contributed by atoms with E-state index >= 15 is 0 Å². The summed E-state index contributed by atoms with van der Waals surface area (Å²) in [5.74, 6) is -0.264. The van der Waals surface area contributed by atoms with Gasteiger partial charge in [0.25, 0.3) is 5.91 Å². The van der Waals surface area contributed by atoms with E-state index in [0.717, 1.165) is 18.5 Å². The van der Waals surface area contributed by atoms with Gasteiger partial charge in [0.2, 0.25) is 0 Å². The number of nitriles is 1. The number of carbonyl (C=O) groups excluding carboxylic acids is 2. The van der Waals surface area contributed by atoms with Crippen LogP contribution in [0.2, 0.25) is 5.02 Å². The summed E-state index contributed by atoms with van der Waals surface area (Å²) in [5.41, 5.74) is 2.47. The van der Waals surface area contributed by atoms with Crippen molar-refractivity contribution in [3.05, 3.63) is 95.1 Å². The molecule has 3 aromatic rings. The molecule has 0 bridgehead atoms. The molecule has 0 aromatic heterocycles. The van der Waals surface area contributed by atoms with E-state index in [-0.39, 0.29) is 12.2 Å². The Morgan fingerprint density at radius 2 is 1.69 bits per heavy atom. The fraction of sp³-hybridized carbons (Fsp3) is 0.115. The van der Waals surface area contributed by atoms with E-state index in [9.17, 15) is 14.9 Å². The van der Waals surface area contributed by atoms with Gasteiger partial charge in [0.1, 0.15) is 24.0 Å². The third-order valence-electron chi connectivity index (χ3n) is 4.65. The summed E-state index contributed by atoms with van der Waals surface area (Å²) >= 11 is 10.3. The minimum Gasteiger partial charge on any atom is -0.487 e. The zero-order chi connectivity index (χ0) is 25.4. The zero-order valence-corrected chi connectivity index (χ0v) is 23.6. The number of nitrogens with one attached hydrogen (secondary N) is 1. The van der Waals surface area contributed by atoms with Crippen molar-refractivity contribution in [2.75, 3.05) is 11.9 Å². The van der Waals surface area contributed by atoms with Crippen molar-refractivity contribution >= 4 is 80.4 Å². The topological polar surface area (TPSA) is 88.4 Å². The van der Waals surface area contributed by atoms with Gasteiger partial charge in [-0.1, -0.05) is 23.7 Å². The summed E-state index contributed by atoms with van der Waals surface area (Å²) in [6.45, 7) is 2.40. The molecule has 0 heterocycles. The number of hydrogen-bond donors (Lipinski definition) is 1. The molecule has 0 saturated carbocycles. The van der Waals surface area contributed by atoms with Gasteiger partial charge < -0.3 is 14.8 Å². The Kier molecular flexibility index (Phi) is 9.94. The van der Waals surface area contributed by atoms with E-state index in [1.807, 2.05) is 42.5 Å². The molecule has 1 N–H and O–H groups in total. The molecule has 0 unspecified atom stereocenters. The molecule has 0 spiro atoms. The summed E-state index contributed by atoms with van der Waals surface area (Å²) in [6.07, 6.45) is 1.52. The van der Waals surface area contributed by atoms with Crippen LogP contribution in [0.1, 0.15) is 28.4 Å². The fourth-order valence-electron chi connectivity index (χ4n) is 2.95. The average Bonchev–Trinajstić information content (AvgIpc) is 2.83. The number of amides is 1. The first-order chi connectivity index (χ1) is 16.8. The number of rotatable bonds is 8. The Balaban J connectivity index is 1.71. The molecule has 0 saturated heterocycles. The Morgan fingerprint density at radius 3 is 2.26 bits per heavy atom. The zero-order valence-electron chi connectivity index (χ0n) is 18.5. The van der Waals surface area contributed by atoms with E-state index in [4.69, 9.17) is 21.1 Å². The molecule has 0 aliphatic carbocycles. The highest BCUT2D eigenvalue weighted by atomic mass is 127. The van der Waals surface area contributed by atoms with Crippen LogP contribution >= 0.6 is 56.8 Å². The van der Waals surface area contributed by atoms with Gasteiger partial charge in [-0.05, 0) is 118 Å². The minimum absolute atomic E-state index is 0.0547. The second kappa shape index (κ2) is 12.9. The van der Waals surface area contributed by atoms with E-state index in [1.54, 1.807) is 31.2 Å². The lowest BCUT2D eigenvalue weighted by atomic mass is 10.1. The molecule has 9 heteroatoms. The highest BCUT2D eigenvalue weighted by Gasteiger charge is 2.14. The lowest BCUT2D eigenvalue weighted by Crippen LogP contribution is -2.13. The van der Waals surface area contributed by atoms with E-state index in [2.05, 4.69) is 50.5 Å². The molecule has 35 heavy (non-hydrogen) atoms. The first-order valence-corrected chi connectivity index (χ1v) is 12.9. The maximum atomic E-state index is 12.7. The van der Waals surface area contributed by atoms with Crippen LogP contribution in [-0.4, -0.2) is 18.5 Å². The van der Waals surface area contributed by atoms with Gasteiger partial charge in [0.15, 0.2) is 0 Å². The number of ether oxygens (including phenoxy) is 2. The molecule has 3 rings (SSSR count). The second-order valence-corrected chi connectivity index (χ2v) is 9.91. The number of carbonyl (C=O) groups is 2. The summed E-state index contributed by atoms with van der Waals surface area (Å²) in [4.78, 5) is 24.4. The van der Waals surface area contributed by atoms with E-state index < -0.39 is 11.9 Å². The van der Waals surface area contributed by atoms with Crippen molar-refractivity contribution in [2.24, 2.45) is 0 Å². The number of benzene rings is 3. The lowest BCUT2D eigenvalue weighted by Gasteiger charge is -2.12. The SMILES string of the molecule is CCOC(=O)c1ccc(NC(=O)/C(C#N)=C/c2cc(I)c(OCc3ccc(Cl)cc3)c(I)c2)cc1. The summed E-state index contributed by atoms with van der Waals surface area (Å²) in [6, 6.07) is 19.3. The maximum Gasteiger partial charge on any atom is 0.338 e. The first kappa shape index (κ1) is 27.0. The standard InChI is InChI=1S/C26H19ClI2N2O4/c1-2-34-26(33)18-5-9-21(10-6-18)31-25(32)19(14-30)11-17-12-22(28)24(23(29)13-17)35-15-16-3-7-20(27)8-4-16/h3-13H,2,15H2,1H3,(H,31,32)/b19-11+. The average molecular weight is 713 g/mol. The van der Waals surface area contributed by atoms with Crippen LogP contribution in [-0.2, 0) is 16.1 Å². The summed E-state index contributed by atoms with van der Waals surface area (Å²) in [7, 11) is 0. The highest BCUT2D eigenvalue weighted by molar-refractivity contribution is 14.1. The first-order valence-electron chi connectivity index (χ1n) is 10.4. The molecule has 3 aromatic carbocycles. The molecule has 0 aliphatic rings. The van der Waals surface area contributed by atoms with Crippen molar-refractivity contribution < 1.29 is 19.1 Å². The smallest absolute Gasteiger partial charge is 0.338 e. The third-order valence-corrected chi connectivity index (χ3v) is 6.50. The van der Waals surface area contributed by atoms with Gasteiger partial charge in [-0.25, -0.2) is 4.79 Å². The van der Waals surface area contributed by atoms with Crippen molar-refractivity contribution in [2.45, 2.75) is 13.5 Å². The number of nitrogens with zero attached hydrogens (tertiary/aromatic N) is 1. The van der Waals surface area contributed by atoms with Gasteiger partial charge in [0, 0.05) is 10.7 Å². The van der Waals surface area contributed by atoms with Crippen molar-refractivity contribution in [1.29, 1.82) is 5.26 Å². The van der Waals surface area contributed by atoms with Crippen LogP contribution in [0.3, 0.4) is 0 Å². The molecular formula is C26H19ClI2N2O4. The monoisotopic (exact) mass is 712 g/mol. The maximum absolute atomic E-state index is 12.7. The summed E-state index contributed by atoms with van der Waals surface area (Å²) < 4.78 is 12.6. The minimum atomic E-state index is -0.551. The largest absolute Gasteiger partial charge is 0.487 e. The van der Waals surface area contributed by atoms with Crippen LogP contribution in [0.5, 0.6) is 5.75 Å². The number of halogens is 3. The molecule has 178 valence electrons. The third kappa shape index (κ3) is 7.68. The van der Waals surface area contributed by atoms with Crippen LogP contribution in [0.4, 0.5) is 5.69 Å². The molecule has 0 radical (unpaired) electrons. The van der Waals surface area contributed by atoms with Crippen molar-refractivity contribution in [3.63, 3.8) is 0 Å². The van der Waals surface area contributed by atoms with Gasteiger partial charge >= 0.3 is 5.97 Å². The molecule has 0 aliphatic heterocycles. The number of anilines is 1. The quantitative estimate of drug-likeness (QED) is 0.120. The van der Waals surface area contributed by atoms with Gasteiger partial charge in [-0.3, -0.25) is 4.79 Å². The van der Waals surface area contributed by atoms with E-state index in [1.165, 1.54) is 6.08 Å². The fourth-order valence-corrected chi connectivity index (χ4v) is 5.21. The Morgan fingerprint density at radius 1 is 1.06 bits per heavy atom. The van der Waals surface area contributed by atoms with Crippen molar-refractivity contribution in [3.8, 4) is 11.8 Å². The van der Waals surface area contributed by atoms with Gasteiger partial charge in [-0.15, -0.1) is 0 Å². The van der Waals surface area contributed by atoms with Gasteiger partial charge in [-0.2, -0.15) is 5.26 Å². The van der Waals surface area contributed by atoms with Crippen LogP contribution in [0.25, 0.3) is 6.08 Å². The molecule has 0 fully saturated rings. The highest BCUT2D eigenvalue weighted by Crippen LogP contribution is 2.30. The van der Waals surface area contributed by atoms with Crippen LogP contribution < -0.4 is 10.1 Å². The Hall–Kier alpha value is -2.62. The normalized spacial score (nSPS) is 10.9. The predicted octanol–water partition coefficient (Wildman–Crippen LogP) is 6.85. The molecule has 0 atom stereocenters. The van der Waals surface area contributed by atoms with Crippen LogP contribution in [0, 0.1) is 18.5 Å². The molecule has 1 amide bonds.